The Balaban J connectivity index is 2.63. The Bertz CT molecular complexity index is 171. The van der Waals surface area contributed by atoms with E-state index in [0.717, 1.165) is 32.1 Å². The topological polar surface area (TPSA) is 63.3 Å². The molecule has 1 saturated carbocycles. The van der Waals surface area contributed by atoms with E-state index in [1.165, 1.54) is 0 Å². The highest BCUT2D eigenvalue weighted by atomic mass is 16.3. The number of aliphatic hydroxyl groups excluding tert-OH is 1. The van der Waals surface area contributed by atoms with Gasteiger partial charge in [0.2, 0.25) is 5.91 Å². The molecule has 0 aliphatic heterocycles. The maximum Gasteiger partial charge on any atom is 0.223 e. The van der Waals surface area contributed by atoms with E-state index >= 15 is 0 Å². The second-order valence-corrected chi connectivity index (χ2v) is 3.73. The second kappa shape index (κ2) is 3.44. The van der Waals surface area contributed by atoms with Gasteiger partial charge in [-0.05, 0) is 32.1 Å². The fraction of sp³-hybridized carbons (Fsp3) is 0.889. The molecule has 12 heavy (non-hydrogen) atoms. The average molecular weight is 171 g/mol. The molecule has 0 aromatic heterocycles. The first-order valence-electron chi connectivity index (χ1n) is 4.59. The quantitative estimate of drug-likeness (QED) is 0.645. The highest BCUT2D eigenvalue weighted by Crippen LogP contribution is 2.38. The lowest BCUT2D eigenvalue weighted by Crippen LogP contribution is -2.40. The number of carbonyl (C=O) groups excluding carboxylic acids is 1. The van der Waals surface area contributed by atoms with Gasteiger partial charge in [-0.25, -0.2) is 0 Å². The smallest absolute Gasteiger partial charge is 0.223 e. The molecule has 0 saturated heterocycles. The lowest BCUT2D eigenvalue weighted by atomic mass is 9.71. The Kier molecular flexibility index (Phi) is 2.73. The van der Waals surface area contributed by atoms with Gasteiger partial charge >= 0.3 is 0 Å². The summed E-state index contributed by atoms with van der Waals surface area (Å²) in [6.07, 6.45) is 3.52. The summed E-state index contributed by atoms with van der Waals surface area (Å²) in [6.45, 7) is 1.99. The molecule has 0 radical (unpaired) electrons. The summed E-state index contributed by atoms with van der Waals surface area (Å²) in [5, 5.41) is 9.27. The number of aliphatic hydroxyl groups is 1. The Labute approximate surface area is 72.9 Å². The average Bonchev–Trinajstić information content (AvgIpc) is 2.06. The molecule has 0 bridgehead atoms. The van der Waals surface area contributed by atoms with Gasteiger partial charge in [-0.3, -0.25) is 4.79 Å². The van der Waals surface area contributed by atoms with Crippen molar-refractivity contribution in [3.8, 4) is 0 Å². The number of amides is 1. The predicted molar refractivity (Wildman–Crippen MR) is 46.4 cm³/mol. The number of hydrogen-bond acceptors (Lipinski definition) is 2. The van der Waals surface area contributed by atoms with E-state index in [-0.39, 0.29) is 17.4 Å². The fourth-order valence-electron chi connectivity index (χ4n) is 1.93. The van der Waals surface area contributed by atoms with Crippen LogP contribution in [0.15, 0.2) is 0 Å². The number of primary amides is 1. The molecule has 0 unspecified atom stereocenters. The van der Waals surface area contributed by atoms with E-state index in [9.17, 15) is 9.90 Å². The van der Waals surface area contributed by atoms with Gasteiger partial charge in [0.15, 0.2) is 0 Å². The van der Waals surface area contributed by atoms with Gasteiger partial charge in [-0.1, -0.05) is 6.92 Å². The molecule has 1 rings (SSSR count). The molecule has 1 fully saturated rings. The van der Waals surface area contributed by atoms with Gasteiger partial charge < -0.3 is 10.8 Å². The summed E-state index contributed by atoms with van der Waals surface area (Å²) >= 11 is 0. The van der Waals surface area contributed by atoms with Crippen LogP contribution in [0.3, 0.4) is 0 Å². The van der Waals surface area contributed by atoms with E-state index in [4.69, 9.17) is 5.73 Å². The van der Waals surface area contributed by atoms with Gasteiger partial charge in [0.05, 0.1) is 6.10 Å². The van der Waals surface area contributed by atoms with Crippen molar-refractivity contribution < 1.29 is 9.90 Å². The molecular formula is C9H17NO2. The predicted octanol–water partition coefficient (Wildman–Crippen LogP) is 0.803. The van der Waals surface area contributed by atoms with Crippen LogP contribution in [0.1, 0.15) is 39.0 Å². The second-order valence-electron chi connectivity index (χ2n) is 3.73. The van der Waals surface area contributed by atoms with Crippen LogP contribution in [-0.4, -0.2) is 17.1 Å². The summed E-state index contributed by atoms with van der Waals surface area (Å²) in [5.74, 6) is -0.197. The lowest BCUT2D eigenvalue weighted by Gasteiger charge is -2.35. The Morgan fingerprint density at radius 1 is 1.58 bits per heavy atom. The molecule has 3 heteroatoms. The Morgan fingerprint density at radius 3 is 2.42 bits per heavy atom. The van der Waals surface area contributed by atoms with Crippen molar-refractivity contribution in [2.24, 2.45) is 11.1 Å². The van der Waals surface area contributed by atoms with E-state index in [0.29, 0.717) is 0 Å². The standard InChI is InChI=1S/C9H17NO2/c1-2-9(8(10)12)5-3-7(11)4-6-9/h7,11H,2-6H2,1H3,(H2,10,12). The lowest BCUT2D eigenvalue weighted by molar-refractivity contribution is -0.131. The first kappa shape index (κ1) is 9.52. The van der Waals surface area contributed by atoms with Crippen LogP contribution in [0.4, 0.5) is 0 Å². The Hall–Kier alpha value is -0.570. The number of hydrogen-bond donors (Lipinski definition) is 2. The van der Waals surface area contributed by atoms with Crippen molar-refractivity contribution >= 4 is 5.91 Å². The minimum Gasteiger partial charge on any atom is -0.393 e. The van der Waals surface area contributed by atoms with Crippen molar-refractivity contribution in [1.29, 1.82) is 0 Å². The van der Waals surface area contributed by atoms with Gasteiger partial charge in [0, 0.05) is 5.41 Å². The summed E-state index contributed by atoms with van der Waals surface area (Å²) in [4.78, 5) is 11.2. The minimum atomic E-state index is -0.320. The van der Waals surface area contributed by atoms with E-state index in [2.05, 4.69) is 0 Å². The third-order valence-corrected chi connectivity index (χ3v) is 3.11. The molecule has 0 aromatic rings. The van der Waals surface area contributed by atoms with Crippen LogP contribution >= 0.6 is 0 Å². The largest absolute Gasteiger partial charge is 0.393 e. The summed E-state index contributed by atoms with van der Waals surface area (Å²) < 4.78 is 0. The molecular weight excluding hydrogens is 154 g/mol. The van der Waals surface area contributed by atoms with Crippen LogP contribution in [0.25, 0.3) is 0 Å². The van der Waals surface area contributed by atoms with Gasteiger partial charge in [-0.2, -0.15) is 0 Å². The van der Waals surface area contributed by atoms with Gasteiger partial charge in [0.1, 0.15) is 0 Å². The van der Waals surface area contributed by atoms with Crippen LogP contribution in [0.2, 0.25) is 0 Å². The zero-order valence-electron chi connectivity index (χ0n) is 7.55. The van der Waals surface area contributed by atoms with Crippen LogP contribution < -0.4 is 5.73 Å². The SMILES string of the molecule is CCC1(C(N)=O)CCC(O)CC1. The summed E-state index contributed by atoms with van der Waals surface area (Å²) in [6, 6.07) is 0. The number of rotatable bonds is 2. The molecule has 0 spiro atoms. The molecule has 1 aliphatic carbocycles. The van der Waals surface area contributed by atoms with Crippen LogP contribution in [0.5, 0.6) is 0 Å². The fourth-order valence-corrected chi connectivity index (χ4v) is 1.93. The van der Waals surface area contributed by atoms with E-state index < -0.39 is 0 Å². The molecule has 1 aliphatic rings. The summed E-state index contributed by atoms with van der Waals surface area (Å²) in [7, 11) is 0. The molecule has 0 aromatic carbocycles. The van der Waals surface area contributed by atoms with Crippen molar-refractivity contribution in [2.45, 2.75) is 45.1 Å². The first-order chi connectivity index (χ1) is 5.60. The molecule has 3 nitrogen and oxygen atoms in total. The third kappa shape index (κ3) is 1.61. The van der Waals surface area contributed by atoms with Crippen molar-refractivity contribution in [3.05, 3.63) is 0 Å². The number of nitrogens with two attached hydrogens (primary N) is 1. The van der Waals surface area contributed by atoms with Gasteiger partial charge in [0.25, 0.3) is 0 Å². The van der Waals surface area contributed by atoms with Crippen LogP contribution in [0, 0.1) is 5.41 Å². The van der Waals surface area contributed by atoms with Crippen molar-refractivity contribution in [2.75, 3.05) is 0 Å². The van der Waals surface area contributed by atoms with Gasteiger partial charge in [-0.15, -0.1) is 0 Å². The zero-order valence-corrected chi connectivity index (χ0v) is 7.55. The minimum absolute atomic E-state index is 0.197. The van der Waals surface area contributed by atoms with E-state index in [1.54, 1.807) is 0 Å². The maximum atomic E-state index is 11.2. The Morgan fingerprint density at radius 2 is 2.08 bits per heavy atom. The van der Waals surface area contributed by atoms with Crippen molar-refractivity contribution in [1.82, 2.24) is 0 Å². The monoisotopic (exact) mass is 171 g/mol. The summed E-state index contributed by atoms with van der Waals surface area (Å²) in [5.41, 5.74) is 5.02. The van der Waals surface area contributed by atoms with E-state index in [1.807, 2.05) is 6.92 Å². The molecule has 0 heterocycles. The molecule has 0 atom stereocenters. The molecule has 70 valence electrons. The molecule has 1 amide bonds. The highest BCUT2D eigenvalue weighted by Gasteiger charge is 2.38. The highest BCUT2D eigenvalue weighted by molar-refractivity contribution is 5.80. The zero-order chi connectivity index (χ0) is 9.19. The van der Waals surface area contributed by atoms with Crippen molar-refractivity contribution in [3.63, 3.8) is 0 Å². The number of carbonyl (C=O) groups is 1. The third-order valence-electron chi connectivity index (χ3n) is 3.11. The van der Waals surface area contributed by atoms with Crippen LogP contribution in [-0.2, 0) is 4.79 Å². The maximum absolute atomic E-state index is 11.2. The molecule has 3 N–H and O–H groups in total. The first-order valence-corrected chi connectivity index (χ1v) is 4.59. The normalized spacial score (nSPS) is 36.3.